The van der Waals surface area contributed by atoms with Gasteiger partial charge in [0.1, 0.15) is 0 Å². The molecule has 0 amide bonds. The van der Waals surface area contributed by atoms with Crippen LogP contribution in [-0.4, -0.2) is 8.42 Å². The van der Waals surface area contributed by atoms with Gasteiger partial charge in [0, 0.05) is 16.3 Å². The Bertz CT molecular complexity index is 1150. The van der Waals surface area contributed by atoms with Crippen molar-refractivity contribution in [3.8, 4) is 0 Å². The molecule has 2 aromatic carbocycles. The van der Waals surface area contributed by atoms with E-state index in [1.807, 2.05) is 6.07 Å². The van der Waals surface area contributed by atoms with Gasteiger partial charge in [0.05, 0.1) is 10.9 Å². The smallest absolute Gasteiger partial charge is 0.238 e. The van der Waals surface area contributed by atoms with Crippen LogP contribution in [-0.2, 0) is 10.0 Å². The molecule has 3 N–H and O–H groups in total. The molecule has 26 heavy (non-hydrogen) atoms. The normalized spacial score (nSPS) is 24.3. The van der Waals surface area contributed by atoms with E-state index in [1.54, 1.807) is 23.5 Å². The van der Waals surface area contributed by atoms with Crippen LogP contribution in [0.25, 0.3) is 10.1 Å². The minimum atomic E-state index is -3.70. The molecular weight excluding hydrogens is 364 g/mol. The molecular formula is C20H18N2O2S2. The van der Waals surface area contributed by atoms with Crippen molar-refractivity contribution >= 4 is 37.1 Å². The van der Waals surface area contributed by atoms with Crippen molar-refractivity contribution in [1.29, 1.82) is 0 Å². The van der Waals surface area contributed by atoms with Crippen LogP contribution in [0.4, 0.5) is 5.69 Å². The Kier molecular flexibility index (Phi) is 3.50. The minimum Gasteiger partial charge on any atom is -0.378 e. The summed E-state index contributed by atoms with van der Waals surface area (Å²) in [6.45, 7) is 0. The van der Waals surface area contributed by atoms with Crippen LogP contribution in [0, 0.1) is 5.92 Å². The number of sulfonamides is 1. The summed E-state index contributed by atoms with van der Waals surface area (Å²) >= 11 is 1.77. The van der Waals surface area contributed by atoms with Gasteiger partial charge >= 0.3 is 0 Å². The van der Waals surface area contributed by atoms with Gasteiger partial charge in [0.15, 0.2) is 0 Å². The van der Waals surface area contributed by atoms with E-state index in [-0.39, 0.29) is 16.9 Å². The van der Waals surface area contributed by atoms with Crippen molar-refractivity contribution in [3.05, 3.63) is 71.1 Å². The number of fused-ring (bicyclic) bond motifs is 4. The average Bonchev–Trinajstić information content (AvgIpc) is 3.28. The number of thiophene rings is 1. The Morgan fingerprint density at radius 1 is 1.12 bits per heavy atom. The molecule has 0 saturated carbocycles. The van der Waals surface area contributed by atoms with Crippen molar-refractivity contribution in [1.82, 2.24) is 0 Å². The highest BCUT2D eigenvalue weighted by molar-refractivity contribution is 7.89. The molecule has 1 aliphatic heterocycles. The van der Waals surface area contributed by atoms with Crippen LogP contribution in [0.15, 0.2) is 64.9 Å². The maximum atomic E-state index is 11.8. The number of nitrogens with one attached hydrogen (secondary N) is 1. The molecule has 3 atom stereocenters. The monoisotopic (exact) mass is 382 g/mol. The van der Waals surface area contributed by atoms with Crippen molar-refractivity contribution in [2.45, 2.75) is 23.3 Å². The SMILES string of the molecule is NS(=O)(=O)c1ccc2c(c1)C1C=CCC1C(c1cccc3ccsc13)N2. The van der Waals surface area contributed by atoms with E-state index in [9.17, 15) is 8.42 Å². The van der Waals surface area contributed by atoms with Crippen LogP contribution in [0.3, 0.4) is 0 Å². The summed E-state index contributed by atoms with van der Waals surface area (Å²) in [5.41, 5.74) is 3.33. The fourth-order valence-electron chi connectivity index (χ4n) is 4.32. The topological polar surface area (TPSA) is 72.2 Å². The summed E-state index contributed by atoms with van der Waals surface area (Å²) in [6.07, 6.45) is 5.39. The van der Waals surface area contributed by atoms with Crippen LogP contribution in [0.5, 0.6) is 0 Å². The van der Waals surface area contributed by atoms with E-state index < -0.39 is 10.0 Å². The number of nitrogens with two attached hydrogens (primary N) is 1. The van der Waals surface area contributed by atoms with Crippen LogP contribution in [0.1, 0.15) is 29.5 Å². The predicted octanol–water partition coefficient (Wildman–Crippen LogP) is 4.38. The Hall–Kier alpha value is -2.15. The second-order valence-corrected chi connectivity index (χ2v) is 9.43. The zero-order valence-electron chi connectivity index (χ0n) is 13.9. The molecule has 4 nitrogen and oxygen atoms in total. The highest BCUT2D eigenvalue weighted by Crippen LogP contribution is 2.51. The summed E-state index contributed by atoms with van der Waals surface area (Å²) in [5, 5.41) is 12.4. The Labute approximate surface area is 156 Å². The second kappa shape index (κ2) is 5.67. The minimum absolute atomic E-state index is 0.177. The molecule has 0 saturated heterocycles. The van der Waals surface area contributed by atoms with E-state index in [1.165, 1.54) is 15.6 Å². The lowest BCUT2D eigenvalue weighted by atomic mass is 9.77. The first-order chi connectivity index (χ1) is 12.5. The van der Waals surface area contributed by atoms with Gasteiger partial charge in [-0.05, 0) is 58.5 Å². The number of primary sulfonamides is 1. The predicted molar refractivity (Wildman–Crippen MR) is 106 cm³/mol. The number of hydrogen-bond donors (Lipinski definition) is 2. The van der Waals surface area contributed by atoms with Crippen LogP contribution < -0.4 is 10.5 Å². The lowest BCUT2D eigenvalue weighted by molar-refractivity contribution is 0.427. The molecule has 1 aromatic heterocycles. The first kappa shape index (κ1) is 16.1. The third kappa shape index (κ3) is 2.40. The van der Waals surface area contributed by atoms with E-state index >= 15 is 0 Å². The van der Waals surface area contributed by atoms with Gasteiger partial charge in [0.25, 0.3) is 0 Å². The van der Waals surface area contributed by atoms with Crippen LogP contribution >= 0.6 is 11.3 Å². The van der Waals surface area contributed by atoms with E-state index in [2.05, 4.69) is 47.1 Å². The van der Waals surface area contributed by atoms with E-state index in [0.717, 1.165) is 17.7 Å². The molecule has 3 aromatic rings. The fraction of sp³-hybridized carbons (Fsp3) is 0.200. The summed E-state index contributed by atoms with van der Waals surface area (Å²) in [5.74, 6) is 0.569. The third-order valence-electron chi connectivity index (χ3n) is 5.51. The molecule has 6 heteroatoms. The molecule has 5 rings (SSSR count). The molecule has 1 aliphatic carbocycles. The van der Waals surface area contributed by atoms with Gasteiger partial charge in [-0.1, -0.05) is 30.4 Å². The summed E-state index contributed by atoms with van der Waals surface area (Å²) in [6, 6.07) is 14.0. The van der Waals surface area contributed by atoms with Gasteiger partial charge in [-0.3, -0.25) is 0 Å². The van der Waals surface area contributed by atoms with Crippen LogP contribution in [0.2, 0.25) is 0 Å². The molecule has 0 radical (unpaired) electrons. The number of anilines is 1. The summed E-state index contributed by atoms with van der Waals surface area (Å²) in [7, 11) is -3.70. The largest absolute Gasteiger partial charge is 0.378 e. The zero-order chi connectivity index (χ0) is 17.9. The standard InChI is InChI=1S/C20H18N2O2S2/c21-26(23,24)13-7-8-18-17(11-13)14-4-2-5-15(14)19(22-18)16-6-1-3-12-9-10-25-20(12)16/h1-4,6-11,14-15,19,22H,5H2,(H2,21,23,24). The maximum absolute atomic E-state index is 11.8. The molecule has 2 aliphatic rings. The quantitative estimate of drug-likeness (QED) is 0.646. The average molecular weight is 383 g/mol. The Morgan fingerprint density at radius 2 is 2.00 bits per heavy atom. The molecule has 132 valence electrons. The van der Waals surface area contributed by atoms with Gasteiger partial charge in [-0.15, -0.1) is 11.3 Å². The van der Waals surface area contributed by atoms with Crippen molar-refractivity contribution in [2.24, 2.45) is 11.1 Å². The molecule has 3 unspecified atom stereocenters. The third-order valence-corrected chi connectivity index (χ3v) is 7.40. The number of rotatable bonds is 2. The van der Waals surface area contributed by atoms with Gasteiger partial charge < -0.3 is 5.32 Å². The summed E-state index contributed by atoms with van der Waals surface area (Å²) < 4.78 is 24.8. The van der Waals surface area contributed by atoms with Gasteiger partial charge in [-0.25, -0.2) is 13.6 Å². The Morgan fingerprint density at radius 3 is 2.85 bits per heavy atom. The summed E-state index contributed by atoms with van der Waals surface area (Å²) in [4.78, 5) is 0.177. The van der Waals surface area contributed by atoms with Crippen molar-refractivity contribution in [3.63, 3.8) is 0 Å². The first-order valence-electron chi connectivity index (χ1n) is 8.58. The first-order valence-corrected chi connectivity index (χ1v) is 11.0. The second-order valence-electron chi connectivity index (χ2n) is 6.96. The number of benzene rings is 2. The van der Waals surface area contributed by atoms with Gasteiger partial charge in [-0.2, -0.15) is 0 Å². The highest BCUT2D eigenvalue weighted by atomic mass is 32.2. The van der Waals surface area contributed by atoms with Crippen molar-refractivity contribution in [2.75, 3.05) is 5.32 Å². The van der Waals surface area contributed by atoms with Crippen molar-refractivity contribution < 1.29 is 8.42 Å². The molecule has 0 fully saturated rings. The zero-order valence-corrected chi connectivity index (χ0v) is 15.6. The molecule has 0 bridgehead atoms. The van der Waals surface area contributed by atoms with Gasteiger partial charge in [0.2, 0.25) is 10.0 Å². The fourth-order valence-corrected chi connectivity index (χ4v) is 5.82. The van der Waals surface area contributed by atoms with E-state index in [4.69, 9.17) is 5.14 Å². The molecule has 0 spiro atoms. The highest BCUT2D eigenvalue weighted by Gasteiger charge is 2.38. The lowest BCUT2D eigenvalue weighted by Crippen LogP contribution is -2.29. The van der Waals surface area contributed by atoms with E-state index in [0.29, 0.717) is 5.92 Å². The Balaban J connectivity index is 1.65. The maximum Gasteiger partial charge on any atom is 0.238 e. The number of allylic oxidation sites excluding steroid dienone is 2. The molecule has 2 heterocycles. The number of hydrogen-bond acceptors (Lipinski definition) is 4. The lowest BCUT2D eigenvalue weighted by Gasteiger charge is -2.38.